The van der Waals surface area contributed by atoms with E-state index in [-0.39, 0.29) is 17.1 Å². The predicted octanol–water partition coefficient (Wildman–Crippen LogP) is 3.20. The summed E-state index contributed by atoms with van der Waals surface area (Å²) in [6, 6.07) is 4.20. The van der Waals surface area contributed by atoms with Crippen LogP contribution in [0, 0.1) is 5.82 Å². The van der Waals surface area contributed by atoms with Gasteiger partial charge in [-0.25, -0.2) is 9.18 Å². The number of carbonyl (C=O) groups is 2. The lowest BCUT2D eigenvalue weighted by molar-refractivity contribution is -0.154. The molecule has 0 heterocycles. The SMILES string of the molecule is CCN(C(=O)C=Cc1c(F)cccc1Cl)C(C)(C)C(=O)O. The number of amides is 1. The summed E-state index contributed by atoms with van der Waals surface area (Å²) in [6.45, 7) is 4.75. The van der Waals surface area contributed by atoms with Gasteiger partial charge in [-0.15, -0.1) is 0 Å². The Morgan fingerprint density at radius 3 is 2.52 bits per heavy atom. The van der Waals surface area contributed by atoms with Gasteiger partial charge in [-0.2, -0.15) is 0 Å². The Hall–Kier alpha value is -1.88. The van der Waals surface area contributed by atoms with Crippen molar-refractivity contribution in [3.05, 3.63) is 40.7 Å². The normalized spacial score (nSPS) is 11.7. The lowest BCUT2D eigenvalue weighted by Crippen LogP contribution is -2.52. The highest BCUT2D eigenvalue weighted by Gasteiger charge is 2.35. The fraction of sp³-hybridized carbons (Fsp3) is 0.333. The zero-order valence-electron chi connectivity index (χ0n) is 12.1. The molecule has 0 unspecified atom stereocenters. The van der Waals surface area contributed by atoms with E-state index in [0.29, 0.717) is 0 Å². The van der Waals surface area contributed by atoms with E-state index in [2.05, 4.69) is 0 Å². The van der Waals surface area contributed by atoms with Crippen molar-refractivity contribution >= 4 is 29.6 Å². The minimum atomic E-state index is -1.35. The molecule has 0 bridgehead atoms. The topological polar surface area (TPSA) is 57.6 Å². The molecule has 1 aromatic rings. The average molecular weight is 314 g/mol. The number of carboxylic acids is 1. The van der Waals surface area contributed by atoms with E-state index in [1.165, 1.54) is 43.0 Å². The first kappa shape index (κ1) is 17.2. The number of carbonyl (C=O) groups excluding carboxylic acids is 1. The van der Waals surface area contributed by atoms with Crippen LogP contribution in [0.1, 0.15) is 26.3 Å². The van der Waals surface area contributed by atoms with Crippen molar-refractivity contribution in [2.75, 3.05) is 6.54 Å². The summed E-state index contributed by atoms with van der Waals surface area (Å²) >= 11 is 5.86. The van der Waals surface area contributed by atoms with Gasteiger partial charge in [0, 0.05) is 18.2 Å². The molecule has 4 nitrogen and oxygen atoms in total. The second-order valence-corrected chi connectivity index (χ2v) is 5.32. The smallest absolute Gasteiger partial charge is 0.329 e. The molecule has 0 aliphatic heterocycles. The van der Waals surface area contributed by atoms with Crippen molar-refractivity contribution in [2.24, 2.45) is 0 Å². The van der Waals surface area contributed by atoms with E-state index in [9.17, 15) is 14.0 Å². The first-order chi connectivity index (χ1) is 9.71. The van der Waals surface area contributed by atoms with E-state index in [4.69, 9.17) is 16.7 Å². The molecule has 1 aromatic carbocycles. The van der Waals surface area contributed by atoms with Crippen LogP contribution in [0.4, 0.5) is 4.39 Å². The Balaban J connectivity index is 3.04. The van der Waals surface area contributed by atoms with Crippen molar-refractivity contribution in [3.8, 4) is 0 Å². The number of rotatable bonds is 5. The van der Waals surface area contributed by atoms with Crippen LogP contribution >= 0.6 is 11.6 Å². The van der Waals surface area contributed by atoms with Gasteiger partial charge in [-0.05, 0) is 39.0 Å². The van der Waals surface area contributed by atoms with Gasteiger partial charge in [-0.1, -0.05) is 17.7 Å². The quantitative estimate of drug-likeness (QED) is 0.849. The molecule has 0 aliphatic rings. The summed E-state index contributed by atoms with van der Waals surface area (Å²) < 4.78 is 13.6. The third-order valence-electron chi connectivity index (χ3n) is 3.17. The Morgan fingerprint density at radius 2 is 2.05 bits per heavy atom. The molecule has 21 heavy (non-hydrogen) atoms. The molecule has 1 rings (SSSR count). The fourth-order valence-electron chi connectivity index (χ4n) is 1.86. The number of aliphatic carboxylic acids is 1. The Morgan fingerprint density at radius 1 is 1.43 bits per heavy atom. The first-order valence-corrected chi connectivity index (χ1v) is 6.76. The summed E-state index contributed by atoms with van der Waals surface area (Å²) in [4.78, 5) is 24.5. The van der Waals surface area contributed by atoms with Crippen molar-refractivity contribution in [1.82, 2.24) is 4.90 Å². The van der Waals surface area contributed by atoms with E-state index in [1.54, 1.807) is 6.92 Å². The van der Waals surface area contributed by atoms with Crippen LogP contribution in [0.3, 0.4) is 0 Å². The van der Waals surface area contributed by atoms with Crippen LogP contribution in [-0.4, -0.2) is 34.0 Å². The standard InChI is InChI=1S/C15H17ClFNO3/c1-4-18(15(2,3)14(20)21)13(19)9-8-10-11(16)6-5-7-12(10)17/h5-9H,4H2,1-3H3,(H,20,21). The maximum Gasteiger partial charge on any atom is 0.329 e. The predicted molar refractivity (Wildman–Crippen MR) is 79.5 cm³/mol. The largest absolute Gasteiger partial charge is 0.480 e. The molecule has 0 spiro atoms. The summed E-state index contributed by atoms with van der Waals surface area (Å²) in [5.74, 6) is -2.19. The molecule has 0 radical (unpaired) electrons. The zero-order valence-corrected chi connectivity index (χ0v) is 12.8. The van der Waals surface area contributed by atoms with Gasteiger partial charge < -0.3 is 10.0 Å². The highest BCUT2D eigenvalue weighted by atomic mass is 35.5. The molecular formula is C15H17ClFNO3. The maximum atomic E-state index is 13.6. The number of hydrogen-bond donors (Lipinski definition) is 1. The van der Waals surface area contributed by atoms with Gasteiger partial charge in [0.2, 0.25) is 5.91 Å². The third-order valence-corrected chi connectivity index (χ3v) is 3.50. The minimum Gasteiger partial charge on any atom is -0.480 e. The first-order valence-electron chi connectivity index (χ1n) is 6.39. The molecule has 0 aliphatic carbocycles. The summed E-state index contributed by atoms with van der Waals surface area (Å²) in [5, 5.41) is 9.35. The molecule has 1 N–H and O–H groups in total. The number of halogens is 2. The van der Waals surface area contributed by atoms with Crippen LogP contribution in [0.15, 0.2) is 24.3 Å². The monoisotopic (exact) mass is 313 g/mol. The molecule has 0 aromatic heterocycles. The highest BCUT2D eigenvalue weighted by Crippen LogP contribution is 2.21. The highest BCUT2D eigenvalue weighted by molar-refractivity contribution is 6.32. The van der Waals surface area contributed by atoms with Gasteiger partial charge >= 0.3 is 5.97 Å². The Bertz CT molecular complexity index is 564. The number of nitrogens with zero attached hydrogens (tertiary/aromatic N) is 1. The van der Waals surface area contributed by atoms with Gasteiger partial charge in [-0.3, -0.25) is 4.79 Å². The van der Waals surface area contributed by atoms with Crippen LogP contribution < -0.4 is 0 Å². The molecule has 1 amide bonds. The third kappa shape index (κ3) is 3.82. The van der Waals surface area contributed by atoms with Crippen molar-refractivity contribution < 1.29 is 19.1 Å². The van der Waals surface area contributed by atoms with Crippen LogP contribution in [0.25, 0.3) is 6.08 Å². The molecular weight excluding hydrogens is 297 g/mol. The lowest BCUT2D eigenvalue weighted by atomic mass is 10.0. The molecule has 114 valence electrons. The molecule has 0 saturated carbocycles. The van der Waals surface area contributed by atoms with E-state index in [1.807, 2.05) is 0 Å². The summed E-state index contributed by atoms with van der Waals surface area (Å²) in [7, 11) is 0. The summed E-state index contributed by atoms with van der Waals surface area (Å²) in [5.41, 5.74) is -1.26. The van der Waals surface area contributed by atoms with E-state index in [0.717, 1.165) is 6.08 Å². The number of carboxylic acid groups (broad SMARTS) is 1. The summed E-state index contributed by atoms with van der Waals surface area (Å²) in [6.07, 6.45) is 2.37. The van der Waals surface area contributed by atoms with Crippen molar-refractivity contribution in [3.63, 3.8) is 0 Å². The minimum absolute atomic E-state index is 0.0942. The fourth-order valence-corrected chi connectivity index (χ4v) is 2.08. The zero-order chi connectivity index (χ0) is 16.2. The second-order valence-electron chi connectivity index (χ2n) is 4.92. The number of likely N-dealkylation sites (N-methyl/N-ethyl adjacent to an activating group) is 1. The number of benzene rings is 1. The molecule has 0 atom stereocenters. The van der Waals surface area contributed by atoms with Crippen LogP contribution in [-0.2, 0) is 9.59 Å². The van der Waals surface area contributed by atoms with E-state index >= 15 is 0 Å². The van der Waals surface area contributed by atoms with Gasteiger partial charge in [0.05, 0.1) is 5.02 Å². The lowest BCUT2D eigenvalue weighted by Gasteiger charge is -2.33. The van der Waals surface area contributed by atoms with Gasteiger partial charge in [0.15, 0.2) is 0 Å². The van der Waals surface area contributed by atoms with Crippen LogP contribution in [0.2, 0.25) is 5.02 Å². The second kappa shape index (κ2) is 6.72. The number of hydrogen-bond acceptors (Lipinski definition) is 2. The van der Waals surface area contributed by atoms with E-state index < -0.39 is 23.2 Å². The average Bonchev–Trinajstić information content (AvgIpc) is 2.38. The Kier molecular flexibility index (Phi) is 5.49. The van der Waals surface area contributed by atoms with Crippen LogP contribution in [0.5, 0.6) is 0 Å². The molecule has 0 saturated heterocycles. The molecule has 6 heteroatoms. The maximum absolute atomic E-state index is 13.6. The van der Waals surface area contributed by atoms with Crippen molar-refractivity contribution in [2.45, 2.75) is 26.3 Å². The van der Waals surface area contributed by atoms with Crippen molar-refractivity contribution in [1.29, 1.82) is 0 Å². The Labute approximate surface area is 127 Å². The van der Waals surface area contributed by atoms with Gasteiger partial charge in [0.25, 0.3) is 0 Å². The molecule has 0 fully saturated rings. The van der Waals surface area contributed by atoms with Gasteiger partial charge in [0.1, 0.15) is 11.4 Å².